The minimum absolute atomic E-state index is 0.145. The van der Waals surface area contributed by atoms with E-state index in [9.17, 15) is 4.79 Å². The fraction of sp³-hybridized carbons (Fsp3) is 0.600. The maximum absolute atomic E-state index is 12.1. The van der Waals surface area contributed by atoms with Crippen molar-refractivity contribution >= 4 is 11.7 Å². The Kier molecular flexibility index (Phi) is 4.95. The number of anilines is 1. The topological polar surface area (TPSA) is 63.2 Å². The molecule has 0 atom stereocenters. The number of methoxy groups -OCH3 is 1. The third-order valence-electron chi connectivity index (χ3n) is 3.81. The smallest absolute Gasteiger partial charge is 0.270 e. The lowest BCUT2D eigenvalue weighted by Crippen LogP contribution is -2.49. The summed E-state index contributed by atoms with van der Waals surface area (Å²) in [5, 5.41) is 6.10. The summed E-state index contributed by atoms with van der Waals surface area (Å²) < 4.78 is 5.49. The first-order chi connectivity index (χ1) is 9.69. The lowest BCUT2D eigenvalue weighted by Gasteiger charge is -2.40. The second-order valence-corrected chi connectivity index (χ2v) is 5.26. The molecular weight excluding hydrogens is 254 g/mol. The Hall–Kier alpha value is -1.62. The van der Waals surface area contributed by atoms with E-state index in [-0.39, 0.29) is 11.5 Å². The Balaban J connectivity index is 1.91. The van der Waals surface area contributed by atoms with Gasteiger partial charge in [0.05, 0.1) is 5.60 Å². The fourth-order valence-electron chi connectivity index (χ4n) is 2.27. The number of hydrogen-bond acceptors (Lipinski definition) is 4. The molecule has 1 aromatic rings. The molecule has 0 unspecified atom stereocenters. The van der Waals surface area contributed by atoms with Gasteiger partial charge in [-0.3, -0.25) is 4.79 Å². The van der Waals surface area contributed by atoms with Crippen LogP contribution in [0.3, 0.4) is 0 Å². The van der Waals surface area contributed by atoms with Crippen molar-refractivity contribution in [2.24, 2.45) is 0 Å². The third kappa shape index (κ3) is 3.48. The molecule has 1 aliphatic rings. The van der Waals surface area contributed by atoms with Crippen molar-refractivity contribution in [1.82, 2.24) is 10.3 Å². The standard InChI is InChI=1S/C15H23N3O2/c1-3-10-16-13-7-4-6-12(18-13)14(19)17-11-15(20-2)8-5-9-15/h4,6-7H,3,5,8-11H2,1-2H3,(H,16,18)(H,17,19). The van der Waals surface area contributed by atoms with E-state index in [1.165, 1.54) is 6.42 Å². The Labute approximate surface area is 120 Å². The van der Waals surface area contributed by atoms with Crippen LogP contribution < -0.4 is 10.6 Å². The predicted molar refractivity (Wildman–Crippen MR) is 78.9 cm³/mol. The summed E-state index contributed by atoms with van der Waals surface area (Å²) in [5.41, 5.74) is 0.282. The van der Waals surface area contributed by atoms with E-state index in [0.29, 0.717) is 12.2 Å². The van der Waals surface area contributed by atoms with Crippen LogP contribution in [-0.4, -0.2) is 36.7 Å². The van der Waals surface area contributed by atoms with E-state index in [2.05, 4.69) is 22.5 Å². The molecule has 1 heterocycles. The molecule has 1 aliphatic carbocycles. The molecule has 0 radical (unpaired) electrons. The second-order valence-electron chi connectivity index (χ2n) is 5.26. The minimum Gasteiger partial charge on any atom is -0.376 e. The molecule has 0 saturated heterocycles. The Morgan fingerprint density at radius 2 is 2.25 bits per heavy atom. The highest BCUT2D eigenvalue weighted by Crippen LogP contribution is 2.34. The Morgan fingerprint density at radius 3 is 2.85 bits per heavy atom. The van der Waals surface area contributed by atoms with Crippen LogP contribution in [0.25, 0.3) is 0 Å². The van der Waals surface area contributed by atoms with Crippen LogP contribution in [0, 0.1) is 0 Å². The molecule has 1 amide bonds. The van der Waals surface area contributed by atoms with Gasteiger partial charge in [0, 0.05) is 20.2 Å². The van der Waals surface area contributed by atoms with Crippen molar-refractivity contribution in [2.75, 3.05) is 25.5 Å². The van der Waals surface area contributed by atoms with Crippen LogP contribution in [0.15, 0.2) is 18.2 Å². The number of hydrogen-bond donors (Lipinski definition) is 2. The van der Waals surface area contributed by atoms with Gasteiger partial charge in [0.25, 0.3) is 5.91 Å². The number of rotatable bonds is 7. The van der Waals surface area contributed by atoms with Crippen molar-refractivity contribution in [1.29, 1.82) is 0 Å². The van der Waals surface area contributed by atoms with Gasteiger partial charge in [0.2, 0.25) is 0 Å². The molecule has 2 N–H and O–H groups in total. The zero-order valence-corrected chi connectivity index (χ0v) is 12.2. The van der Waals surface area contributed by atoms with Crippen molar-refractivity contribution in [3.63, 3.8) is 0 Å². The SMILES string of the molecule is CCCNc1cccc(C(=O)NCC2(OC)CCC2)n1. The van der Waals surface area contributed by atoms with E-state index in [1.807, 2.05) is 12.1 Å². The van der Waals surface area contributed by atoms with Gasteiger partial charge in [0.1, 0.15) is 11.5 Å². The van der Waals surface area contributed by atoms with Crippen LogP contribution in [0.4, 0.5) is 5.82 Å². The molecule has 5 heteroatoms. The molecule has 2 rings (SSSR count). The van der Waals surface area contributed by atoms with Gasteiger partial charge < -0.3 is 15.4 Å². The summed E-state index contributed by atoms with van der Waals surface area (Å²) >= 11 is 0. The Bertz CT molecular complexity index is 453. The average Bonchev–Trinajstić information content (AvgIpc) is 2.44. The number of nitrogens with one attached hydrogen (secondary N) is 2. The number of carbonyl (C=O) groups is 1. The van der Waals surface area contributed by atoms with Gasteiger partial charge in [-0.05, 0) is 37.8 Å². The number of aromatic nitrogens is 1. The quantitative estimate of drug-likeness (QED) is 0.802. The van der Waals surface area contributed by atoms with E-state index in [1.54, 1.807) is 13.2 Å². The lowest BCUT2D eigenvalue weighted by molar-refractivity contribution is -0.0679. The molecule has 0 spiro atoms. The highest BCUT2D eigenvalue weighted by Gasteiger charge is 2.37. The number of nitrogens with zero attached hydrogens (tertiary/aromatic N) is 1. The number of carbonyl (C=O) groups excluding carboxylic acids is 1. The summed E-state index contributed by atoms with van der Waals surface area (Å²) in [7, 11) is 1.71. The second kappa shape index (κ2) is 6.70. The number of amides is 1. The van der Waals surface area contributed by atoms with Crippen LogP contribution in [0.5, 0.6) is 0 Å². The number of ether oxygens (including phenoxy) is 1. The van der Waals surface area contributed by atoms with Gasteiger partial charge in [-0.1, -0.05) is 13.0 Å². The van der Waals surface area contributed by atoms with Crippen LogP contribution in [-0.2, 0) is 4.74 Å². The first-order valence-corrected chi connectivity index (χ1v) is 7.23. The monoisotopic (exact) mass is 277 g/mol. The van der Waals surface area contributed by atoms with Crippen molar-refractivity contribution in [3.05, 3.63) is 23.9 Å². The van der Waals surface area contributed by atoms with Crippen molar-refractivity contribution < 1.29 is 9.53 Å². The van der Waals surface area contributed by atoms with E-state index in [4.69, 9.17) is 4.74 Å². The molecule has 1 saturated carbocycles. The third-order valence-corrected chi connectivity index (χ3v) is 3.81. The van der Waals surface area contributed by atoms with Gasteiger partial charge in [-0.2, -0.15) is 0 Å². The van der Waals surface area contributed by atoms with Gasteiger partial charge in [-0.15, -0.1) is 0 Å². The lowest BCUT2D eigenvalue weighted by atomic mass is 9.80. The maximum atomic E-state index is 12.1. The summed E-state index contributed by atoms with van der Waals surface area (Å²) in [6.07, 6.45) is 4.21. The van der Waals surface area contributed by atoms with Crippen molar-refractivity contribution in [3.8, 4) is 0 Å². The van der Waals surface area contributed by atoms with E-state index >= 15 is 0 Å². The molecular formula is C15H23N3O2. The van der Waals surface area contributed by atoms with Crippen LogP contribution in [0.2, 0.25) is 0 Å². The minimum atomic E-state index is -0.159. The van der Waals surface area contributed by atoms with Crippen LogP contribution >= 0.6 is 0 Å². The maximum Gasteiger partial charge on any atom is 0.270 e. The van der Waals surface area contributed by atoms with E-state index in [0.717, 1.165) is 31.6 Å². The molecule has 5 nitrogen and oxygen atoms in total. The number of pyridine rings is 1. The van der Waals surface area contributed by atoms with Gasteiger partial charge in [0.15, 0.2) is 0 Å². The molecule has 1 aromatic heterocycles. The predicted octanol–water partition coefficient (Wildman–Crippen LogP) is 2.20. The summed E-state index contributed by atoms with van der Waals surface area (Å²) in [5.74, 6) is 0.595. The highest BCUT2D eigenvalue weighted by atomic mass is 16.5. The normalized spacial score (nSPS) is 16.3. The molecule has 0 bridgehead atoms. The molecule has 0 aliphatic heterocycles. The highest BCUT2D eigenvalue weighted by molar-refractivity contribution is 5.92. The van der Waals surface area contributed by atoms with Gasteiger partial charge >= 0.3 is 0 Å². The first-order valence-electron chi connectivity index (χ1n) is 7.23. The summed E-state index contributed by atoms with van der Waals surface area (Å²) in [6, 6.07) is 5.44. The zero-order valence-electron chi connectivity index (χ0n) is 12.2. The van der Waals surface area contributed by atoms with E-state index < -0.39 is 0 Å². The fourth-order valence-corrected chi connectivity index (χ4v) is 2.27. The largest absolute Gasteiger partial charge is 0.376 e. The first kappa shape index (κ1) is 14.8. The average molecular weight is 277 g/mol. The summed E-state index contributed by atoms with van der Waals surface area (Å²) in [4.78, 5) is 16.4. The zero-order chi connectivity index (χ0) is 14.4. The van der Waals surface area contributed by atoms with Crippen molar-refractivity contribution in [2.45, 2.75) is 38.2 Å². The van der Waals surface area contributed by atoms with Gasteiger partial charge in [-0.25, -0.2) is 4.98 Å². The summed E-state index contributed by atoms with van der Waals surface area (Å²) in [6.45, 7) is 3.49. The van der Waals surface area contributed by atoms with Crippen LogP contribution in [0.1, 0.15) is 43.1 Å². The molecule has 20 heavy (non-hydrogen) atoms. The molecule has 0 aromatic carbocycles. The Morgan fingerprint density at radius 1 is 1.45 bits per heavy atom. The molecule has 1 fully saturated rings. The molecule has 110 valence electrons.